The van der Waals surface area contributed by atoms with E-state index in [-0.39, 0.29) is 18.0 Å². The number of carbonyl (C=O) groups is 2. The lowest BCUT2D eigenvalue weighted by Crippen LogP contribution is -2.46. The molecule has 2 rings (SSSR count). The minimum absolute atomic E-state index is 0.000916. The van der Waals surface area contributed by atoms with E-state index in [0.717, 1.165) is 18.9 Å². The van der Waals surface area contributed by atoms with Crippen LogP contribution in [0, 0.1) is 5.92 Å². The number of hydroxylamine groups is 1. The summed E-state index contributed by atoms with van der Waals surface area (Å²) in [7, 11) is 0. The Kier molecular flexibility index (Phi) is 8.19. The van der Waals surface area contributed by atoms with Crippen LogP contribution in [-0.2, 0) is 9.59 Å². The van der Waals surface area contributed by atoms with Crippen LogP contribution in [0.2, 0.25) is 0 Å². The van der Waals surface area contributed by atoms with Crippen molar-refractivity contribution in [3.63, 3.8) is 0 Å². The molecular formula is C19H29N5O3. The summed E-state index contributed by atoms with van der Waals surface area (Å²) in [5.41, 5.74) is 1.97. The number of carbonyl (C=O) groups excluding carboxylic acids is 2. The lowest BCUT2D eigenvalue weighted by atomic mass is 9.94. The zero-order valence-electron chi connectivity index (χ0n) is 15.9. The van der Waals surface area contributed by atoms with Crippen LogP contribution < -0.4 is 16.1 Å². The van der Waals surface area contributed by atoms with Crippen LogP contribution in [0.1, 0.15) is 58.1 Å². The van der Waals surface area contributed by atoms with Crippen LogP contribution in [0.3, 0.4) is 0 Å². The lowest BCUT2D eigenvalue weighted by Gasteiger charge is -2.27. The van der Waals surface area contributed by atoms with Crippen LogP contribution in [0.25, 0.3) is 6.08 Å². The fourth-order valence-corrected chi connectivity index (χ4v) is 3.13. The van der Waals surface area contributed by atoms with E-state index in [9.17, 15) is 9.59 Å². The van der Waals surface area contributed by atoms with Crippen molar-refractivity contribution in [1.29, 1.82) is 0 Å². The largest absolute Gasteiger partial charge is 0.357 e. The summed E-state index contributed by atoms with van der Waals surface area (Å²) in [6, 6.07) is -0.109. The van der Waals surface area contributed by atoms with E-state index in [0.29, 0.717) is 23.9 Å². The molecule has 1 atom stereocenters. The summed E-state index contributed by atoms with van der Waals surface area (Å²) < 4.78 is 0. The van der Waals surface area contributed by atoms with E-state index < -0.39 is 5.91 Å². The summed E-state index contributed by atoms with van der Waals surface area (Å²) in [4.78, 5) is 32.2. The third kappa shape index (κ3) is 7.34. The first kappa shape index (κ1) is 20.8. The molecule has 0 saturated heterocycles. The number of amides is 2. The van der Waals surface area contributed by atoms with Crippen molar-refractivity contribution in [2.24, 2.45) is 5.92 Å². The molecule has 1 aromatic heterocycles. The maximum atomic E-state index is 12.7. The first-order valence-electron chi connectivity index (χ1n) is 9.49. The topological polar surface area (TPSA) is 116 Å². The maximum Gasteiger partial charge on any atom is 0.267 e. The van der Waals surface area contributed by atoms with Crippen molar-refractivity contribution in [2.45, 2.75) is 64.5 Å². The second-order valence-electron chi connectivity index (χ2n) is 7.31. The number of rotatable bonds is 8. The van der Waals surface area contributed by atoms with E-state index >= 15 is 0 Å². The quantitative estimate of drug-likeness (QED) is 0.315. The predicted molar refractivity (Wildman–Crippen MR) is 103 cm³/mol. The molecule has 1 aromatic rings. The fourth-order valence-electron chi connectivity index (χ4n) is 3.13. The van der Waals surface area contributed by atoms with Gasteiger partial charge in [0.2, 0.25) is 5.91 Å². The van der Waals surface area contributed by atoms with Crippen molar-refractivity contribution in [2.75, 3.05) is 5.32 Å². The van der Waals surface area contributed by atoms with Crippen LogP contribution >= 0.6 is 0 Å². The van der Waals surface area contributed by atoms with Gasteiger partial charge in [-0.3, -0.25) is 19.8 Å². The molecule has 8 heteroatoms. The van der Waals surface area contributed by atoms with Gasteiger partial charge >= 0.3 is 0 Å². The lowest BCUT2D eigenvalue weighted by molar-refractivity contribution is -0.124. The van der Waals surface area contributed by atoms with Crippen LogP contribution in [0.4, 0.5) is 5.82 Å². The molecule has 1 heterocycles. The Labute approximate surface area is 159 Å². The Bertz CT molecular complexity index is 639. The Balaban J connectivity index is 1.98. The van der Waals surface area contributed by atoms with Gasteiger partial charge in [-0.25, -0.2) is 10.5 Å². The molecule has 1 fully saturated rings. The van der Waals surface area contributed by atoms with Crippen LogP contribution in [-0.4, -0.2) is 39.1 Å². The summed E-state index contributed by atoms with van der Waals surface area (Å²) in [5, 5.41) is 14.8. The Morgan fingerprint density at radius 2 is 1.96 bits per heavy atom. The fraction of sp³-hybridized carbons (Fsp3) is 0.579. The van der Waals surface area contributed by atoms with Gasteiger partial charge in [-0.1, -0.05) is 33.1 Å². The molecule has 0 bridgehead atoms. The van der Waals surface area contributed by atoms with E-state index in [1.807, 2.05) is 0 Å². The zero-order chi connectivity index (χ0) is 19.6. The summed E-state index contributed by atoms with van der Waals surface area (Å²) in [5.74, 6) is 0.214. The van der Waals surface area contributed by atoms with Gasteiger partial charge in [0.05, 0.1) is 18.1 Å². The number of hydrogen-bond donors (Lipinski definition) is 4. The molecule has 1 saturated carbocycles. The number of nitrogens with one attached hydrogen (secondary N) is 3. The Hall–Kier alpha value is -2.48. The van der Waals surface area contributed by atoms with Crippen molar-refractivity contribution in [3.8, 4) is 0 Å². The summed E-state index contributed by atoms with van der Waals surface area (Å²) in [6.07, 6.45) is 12.0. The highest BCUT2D eigenvalue weighted by atomic mass is 16.5. The third-order valence-electron chi connectivity index (χ3n) is 4.48. The highest BCUT2D eigenvalue weighted by Crippen LogP contribution is 2.18. The van der Waals surface area contributed by atoms with Gasteiger partial charge < -0.3 is 10.6 Å². The van der Waals surface area contributed by atoms with E-state index in [2.05, 4.69) is 34.4 Å². The Morgan fingerprint density at radius 3 is 2.56 bits per heavy atom. The van der Waals surface area contributed by atoms with Gasteiger partial charge in [-0.2, -0.15) is 0 Å². The molecule has 27 heavy (non-hydrogen) atoms. The number of hydrogen-bond acceptors (Lipinski definition) is 6. The zero-order valence-corrected chi connectivity index (χ0v) is 15.9. The van der Waals surface area contributed by atoms with Crippen LogP contribution in [0.15, 0.2) is 18.5 Å². The minimum Gasteiger partial charge on any atom is -0.357 e. The monoisotopic (exact) mass is 375 g/mol. The average Bonchev–Trinajstić information content (AvgIpc) is 2.67. The molecule has 148 valence electrons. The van der Waals surface area contributed by atoms with Gasteiger partial charge in [0.15, 0.2) is 0 Å². The second-order valence-corrected chi connectivity index (χ2v) is 7.31. The summed E-state index contributed by atoms with van der Waals surface area (Å²) >= 11 is 0. The molecule has 1 aliphatic carbocycles. The number of nitrogens with zero attached hydrogens (tertiary/aromatic N) is 2. The third-order valence-corrected chi connectivity index (χ3v) is 4.48. The van der Waals surface area contributed by atoms with Crippen molar-refractivity contribution in [3.05, 3.63) is 24.2 Å². The van der Waals surface area contributed by atoms with Crippen molar-refractivity contribution in [1.82, 2.24) is 20.8 Å². The van der Waals surface area contributed by atoms with Gasteiger partial charge in [-0.15, -0.1) is 0 Å². The van der Waals surface area contributed by atoms with E-state index in [1.54, 1.807) is 0 Å². The van der Waals surface area contributed by atoms with Gasteiger partial charge in [0.25, 0.3) is 5.91 Å². The smallest absolute Gasteiger partial charge is 0.267 e. The molecule has 0 aliphatic heterocycles. The normalized spacial score (nSPS) is 16.3. The molecule has 0 aromatic carbocycles. The van der Waals surface area contributed by atoms with Crippen LogP contribution in [0.5, 0.6) is 0 Å². The molecule has 0 radical (unpaired) electrons. The Morgan fingerprint density at radius 1 is 1.22 bits per heavy atom. The van der Waals surface area contributed by atoms with Gasteiger partial charge in [0.1, 0.15) is 11.9 Å². The highest BCUT2D eigenvalue weighted by Gasteiger charge is 2.23. The standard InChI is InChI=1S/C19H29N5O3/c1-13(2)10-16(19(26)22-14-6-4-3-5-7-14)23-17-12-20-15(11-21-17)8-9-18(25)24-27/h8-9,11-14,16,27H,3-7,10H2,1-2H3,(H,21,23)(H,22,26)(H,24,25)/b9-8+/t16-/m1/s1. The van der Waals surface area contributed by atoms with Gasteiger partial charge in [0, 0.05) is 12.1 Å². The number of aromatic nitrogens is 2. The van der Waals surface area contributed by atoms with Crippen molar-refractivity contribution < 1.29 is 14.8 Å². The highest BCUT2D eigenvalue weighted by molar-refractivity contribution is 5.90. The average molecular weight is 375 g/mol. The molecule has 0 spiro atoms. The molecule has 4 N–H and O–H groups in total. The molecular weight excluding hydrogens is 346 g/mol. The maximum absolute atomic E-state index is 12.7. The van der Waals surface area contributed by atoms with E-state index in [4.69, 9.17) is 5.21 Å². The minimum atomic E-state index is -0.643. The van der Waals surface area contributed by atoms with Crippen molar-refractivity contribution >= 4 is 23.7 Å². The van der Waals surface area contributed by atoms with Gasteiger partial charge in [-0.05, 0) is 31.3 Å². The second kappa shape index (κ2) is 10.6. The predicted octanol–water partition coefficient (Wildman–Crippen LogP) is 2.27. The first-order valence-corrected chi connectivity index (χ1v) is 9.49. The molecule has 0 unspecified atom stereocenters. The molecule has 1 aliphatic rings. The van der Waals surface area contributed by atoms with E-state index in [1.165, 1.54) is 43.2 Å². The molecule has 8 nitrogen and oxygen atoms in total. The SMILES string of the molecule is CC(C)C[C@@H](Nc1cnc(/C=C/C(=O)NO)cn1)C(=O)NC1CCCCC1. The first-order chi connectivity index (χ1) is 13.0. The number of anilines is 1. The molecule has 2 amide bonds. The summed E-state index contributed by atoms with van der Waals surface area (Å²) in [6.45, 7) is 4.16.